The van der Waals surface area contributed by atoms with E-state index in [9.17, 15) is 0 Å². The van der Waals surface area contributed by atoms with Crippen LogP contribution in [0.25, 0.3) is 110 Å². The number of nitrogens with zero attached hydrogens (tertiary/aromatic N) is 4. The van der Waals surface area contributed by atoms with Crippen molar-refractivity contribution in [2.45, 2.75) is 20.8 Å². The third-order valence-corrected chi connectivity index (χ3v) is 49.7. The molecule has 11 aliphatic heterocycles. The Labute approximate surface area is 691 Å². The molecule has 16 aromatic carbocycles. The van der Waals surface area contributed by atoms with E-state index in [0.29, 0.717) is 14.0 Å². The van der Waals surface area contributed by atoms with Crippen molar-refractivity contribution < 1.29 is 0 Å². The van der Waals surface area contributed by atoms with Crippen molar-refractivity contribution in [1.29, 1.82) is 0 Å². The Hall–Kier alpha value is -11.7. The standard InChI is InChI=1S/3C25H18BN.C24H20B9N2P2/c1-17-9-7-14-21-24(17)27-23-16-6-5-12-19(23)20-13-8-15-22(25(20)27)26(21)18-10-3-2-4-11-18;1-17-14-15-23-20(16-17)19-10-7-12-22-25(19)27(23)24-13-6-5-11-21(24)26(22)18-8-3-2-4-9-18;1-17-14-15-21-24(16-17)27-23-13-6-5-10-19(23)20-11-7-12-22(25(20)27)26(21)18-8-3-2-4-9-18;1-2-8-16(9-3-1)28-18-11-4-5-13-20(18)35-21-14-7-15-22(23(21)17-10-6-12-19(28)24(17)35)36(29-25-30(36)33(29)36)34-37-26-31(37)32(37)27-37/h3*2-16H,1H3;1-15,34H,25-26H2/q;;;-2. The number of para-hydroxylation sites is 9. The molecule has 0 atom stereocenters. The zero-order valence-corrected chi connectivity index (χ0v) is 68.4. The minimum absolute atomic E-state index is 0.265. The summed E-state index contributed by atoms with van der Waals surface area (Å²) >= 11 is 0. The van der Waals surface area contributed by atoms with E-state index in [0.717, 1.165) is 24.9 Å². The molecule has 543 valence electrons. The van der Waals surface area contributed by atoms with Gasteiger partial charge in [-0.25, -0.2) is 0 Å². The van der Waals surface area contributed by atoms with E-state index in [-0.39, 0.29) is 26.9 Å². The number of aryl methyl sites for hydroxylation is 3. The van der Waals surface area contributed by atoms with Crippen molar-refractivity contribution in [3.8, 4) is 22.7 Å². The van der Waals surface area contributed by atoms with Gasteiger partial charge in [-0.15, -0.1) is 0 Å². The molecule has 4 aromatic heterocycles. The number of benzene rings is 16. The molecule has 5 nitrogen and oxygen atoms in total. The van der Waals surface area contributed by atoms with Crippen molar-refractivity contribution in [2.75, 3.05) is 0 Å². The van der Waals surface area contributed by atoms with Crippen LogP contribution in [0.15, 0.2) is 364 Å². The molecule has 31 rings (SSSR count). The van der Waals surface area contributed by atoms with Crippen LogP contribution < -0.4 is 75.7 Å². The number of fused-ring (bicyclic) bond motifs is 21. The van der Waals surface area contributed by atoms with Crippen LogP contribution in [-0.2, 0) is 0 Å². The van der Waals surface area contributed by atoms with E-state index >= 15 is 0 Å². The Balaban J connectivity index is 0.0000000847. The first kappa shape index (κ1) is 67.4. The fourth-order valence-electron chi connectivity index (χ4n) is 26.3. The Morgan fingerprint density at radius 2 is 0.669 bits per heavy atom. The summed E-state index contributed by atoms with van der Waals surface area (Å²) < 4.78 is 10.1. The van der Waals surface area contributed by atoms with Crippen molar-refractivity contribution >= 4 is 250 Å². The number of aromatic nitrogens is 4. The van der Waals surface area contributed by atoms with Gasteiger partial charge in [0.1, 0.15) is 0 Å². The van der Waals surface area contributed by atoms with Gasteiger partial charge >= 0.3 is 221 Å². The molecule has 1 spiro atoms. The first-order valence-electron chi connectivity index (χ1n) is 43.3. The van der Waals surface area contributed by atoms with E-state index in [4.69, 9.17) is 4.86 Å². The monoisotopic (exact) mass is 1530 g/mol. The summed E-state index contributed by atoms with van der Waals surface area (Å²) in [6.45, 7) is 10.9. The molecule has 1 N–H and O–H groups in total. The summed E-state index contributed by atoms with van der Waals surface area (Å²) in [5.41, 5.74) is 36.8. The average Bonchev–Trinajstić information content (AvgIpc) is 1.33. The summed E-state index contributed by atoms with van der Waals surface area (Å²) in [7, 11) is 0.317. The van der Waals surface area contributed by atoms with Crippen LogP contribution in [0, 0.1) is 20.8 Å². The van der Waals surface area contributed by atoms with Crippen molar-refractivity contribution in [3.63, 3.8) is 0 Å². The van der Waals surface area contributed by atoms with Crippen molar-refractivity contribution in [2.24, 2.45) is 0 Å². The van der Waals surface area contributed by atoms with E-state index in [1.54, 1.807) is 5.39 Å². The molecular formula is C99H74B12N5P2-2. The van der Waals surface area contributed by atoms with Gasteiger partial charge < -0.3 is 13.7 Å². The van der Waals surface area contributed by atoms with Crippen LogP contribution in [0.4, 0.5) is 0 Å². The van der Waals surface area contributed by atoms with Gasteiger partial charge in [-0.05, 0) is 101 Å². The summed E-state index contributed by atoms with van der Waals surface area (Å²) in [4.78, 5) is 4.86. The Morgan fingerprint density at radius 3 is 1.19 bits per heavy atom. The molecule has 7 saturated heterocycles. The maximum atomic E-state index is 4.86. The van der Waals surface area contributed by atoms with Gasteiger partial charge in [-0.2, -0.15) is 0 Å². The van der Waals surface area contributed by atoms with Gasteiger partial charge in [0.05, 0.1) is 16.6 Å². The predicted octanol–water partition coefficient (Wildman–Crippen LogP) is 11.7. The molecule has 7 fully saturated rings. The maximum absolute atomic E-state index is 4.86. The van der Waals surface area contributed by atoms with Crippen LogP contribution >= 0.6 is 12.7 Å². The second-order valence-electron chi connectivity index (χ2n) is 36.8. The number of rotatable bonds is 7. The fourth-order valence-corrected chi connectivity index (χ4v) is 51.6. The van der Waals surface area contributed by atoms with Gasteiger partial charge in [-0.3, -0.25) is 0 Å². The van der Waals surface area contributed by atoms with E-state index in [2.05, 4.69) is 410 Å². The number of hydrogen-bond donors (Lipinski definition) is 1. The molecule has 19 heteroatoms. The number of nitrogens with one attached hydrogen (secondary N) is 1. The van der Waals surface area contributed by atoms with E-state index in [1.165, 1.54) is 193 Å². The Bertz CT molecular complexity index is 7810. The summed E-state index contributed by atoms with van der Waals surface area (Å²) in [6.07, 6.45) is 2.69. The zero-order valence-electron chi connectivity index (χ0n) is 66.6. The van der Waals surface area contributed by atoms with Crippen LogP contribution in [0.1, 0.15) is 16.7 Å². The quantitative estimate of drug-likeness (QED) is 0.125. The SMILES string of the molecule is Cc1ccc2c(c1)-n1c3ccccc3c3cccc(c31)B2c1ccccc1.Cc1ccc2c(c1)c1cccc3c1n2-c1ccccc1B3c1ccccc1.Cc1cccc2c1-n1c3ccccc3c3cccc(c31)B2c1ccccc1.[B]1B2B3[BH2-]P123NP12(c3cccc4c3c3cccc5c3n4-c3ccccc3B5c3ccccc3)B3[BH2-]B1B32. The molecule has 1 radical (unpaired) electrons. The minimum atomic E-state index is -1.84. The molecule has 20 aromatic rings. The van der Waals surface area contributed by atoms with Crippen molar-refractivity contribution in [1.82, 2.24) is 23.1 Å². The molecular weight excluding hydrogens is 1450 g/mol. The van der Waals surface area contributed by atoms with Crippen LogP contribution in [0.3, 0.4) is 0 Å². The average molecular weight is 1530 g/mol. The summed E-state index contributed by atoms with van der Waals surface area (Å²) in [5, 5.41) is 13.0. The van der Waals surface area contributed by atoms with Gasteiger partial charge in [-0.1, -0.05) is 259 Å². The Morgan fingerprint density at radius 1 is 0.297 bits per heavy atom. The van der Waals surface area contributed by atoms with E-state index in [1.807, 2.05) is 5.30 Å². The second-order valence-corrected chi connectivity index (χ2v) is 48.9. The molecule has 0 unspecified atom stereocenters. The van der Waals surface area contributed by atoms with Crippen LogP contribution in [0.5, 0.6) is 0 Å². The molecule has 2 bridgehead atoms. The normalized spacial score (nSPS) is 17.0. The first-order chi connectivity index (χ1) is 58.2. The fraction of sp³-hybridized carbons (Fsp3) is 0.0303. The molecule has 11 aliphatic rings. The second kappa shape index (κ2) is 23.8. The van der Waals surface area contributed by atoms with E-state index < -0.39 is 12.7 Å². The van der Waals surface area contributed by atoms with Crippen molar-refractivity contribution in [3.05, 3.63) is 381 Å². The molecule has 118 heavy (non-hydrogen) atoms. The van der Waals surface area contributed by atoms with Gasteiger partial charge in [0.2, 0.25) is 20.1 Å². The van der Waals surface area contributed by atoms with Crippen LogP contribution in [0.2, 0.25) is 0 Å². The van der Waals surface area contributed by atoms with Crippen LogP contribution in [-0.4, -0.2) is 97.0 Å². The third kappa shape index (κ3) is 8.58. The summed E-state index contributed by atoms with van der Waals surface area (Å²) in [6, 6.07) is 135. The molecule has 0 aliphatic carbocycles. The van der Waals surface area contributed by atoms with Gasteiger partial charge in [0.25, 0.3) is 0 Å². The Kier molecular flexibility index (Phi) is 13.6. The zero-order chi connectivity index (χ0) is 77.4. The molecule has 15 heterocycles. The predicted molar refractivity (Wildman–Crippen MR) is 530 cm³/mol. The molecule has 0 amide bonds. The molecule has 0 saturated carbocycles. The topological polar surface area (TPSA) is 31.8 Å². The number of hydrogen-bond acceptors (Lipinski definition) is 1. The third-order valence-electron chi connectivity index (χ3n) is 31.8. The summed E-state index contributed by atoms with van der Waals surface area (Å²) in [5.74, 6) is 0. The van der Waals surface area contributed by atoms with Gasteiger partial charge in [0.15, 0.2) is 0 Å². The first-order valence-corrected chi connectivity index (χ1v) is 48.6. The van der Waals surface area contributed by atoms with Gasteiger partial charge in [0, 0.05) is 65.9 Å².